The van der Waals surface area contributed by atoms with E-state index in [1.54, 1.807) is 6.92 Å². The first kappa shape index (κ1) is 7.78. The van der Waals surface area contributed by atoms with Crippen LogP contribution in [0.25, 0.3) is 0 Å². The van der Waals surface area contributed by atoms with E-state index in [1.807, 2.05) is 0 Å². The van der Waals surface area contributed by atoms with Crippen molar-refractivity contribution < 1.29 is 14.7 Å². The smallest absolute Gasteiger partial charge is 0.332 e. The third-order valence-electron chi connectivity index (χ3n) is 2.00. The van der Waals surface area contributed by atoms with E-state index in [1.165, 1.54) is 10.9 Å². The average molecular weight is 181 g/mol. The van der Waals surface area contributed by atoms with Gasteiger partial charge in [0.2, 0.25) is 0 Å². The van der Waals surface area contributed by atoms with Gasteiger partial charge >= 0.3 is 12.0 Å². The first-order valence-electron chi connectivity index (χ1n) is 3.69. The number of aromatic nitrogens is 2. The van der Waals surface area contributed by atoms with Gasteiger partial charge in [0, 0.05) is 0 Å². The molecular formula is C7H7N3O3. The Morgan fingerprint density at radius 2 is 2.46 bits per heavy atom. The summed E-state index contributed by atoms with van der Waals surface area (Å²) in [6.45, 7) is 1.67. The Bertz CT molecular complexity index is 396. The summed E-state index contributed by atoms with van der Waals surface area (Å²) < 4.78 is 1.22. The fourth-order valence-electron chi connectivity index (χ4n) is 1.40. The quantitative estimate of drug-likeness (QED) is 0.633. The Labute approximate surface area is 73.2 Å². The van der Waals surface area contributed by atoms with E-state index in [4.69, 9.17) is 5.11 Å². The van der Waals surface area contributed by atoms with Crippen LogP contribution in [0.4, 0.5) is 4.79 Å². The SMILES string of the molecule is Cc1ncn2c1C(C(=O)O)NC2=O. The second-order valence-electron chi connectivity index (χ2n) is 2.81. The van der Waals surface area contributed by atoms with Gasteiger partial charge in [-0.2, -0.15) is 0 Å². The molecule has 1 aromatic heterocycles. The summed E-state index contributed by atoms with van der Waals surface area (Å²) in [6, 6.07) is -1.40. The van der Waals surface area contributed by atoms with Crippen LogP contribution in [-0.4, -0.2) is 26.7 Å². The minimum absolute atomic E-state index is 0.414. The molecule has 68 valence electrons. The zero-order valence-corrected chi connectivity index (χ0v) is 6.81. The van der Waals surface area contributed by atoms with E-state index in [0.717, 1.165) is 0 Å². The molecule has 0 fully saturated rings. The van der Waals surface area contributed by atoms with Gasteiger partial charge in [0.05, 0.1) is 11.4 Å². The molecule has 1 amide bonds. The summed E-state index contributed by atoms with van der Waals surface area (Å²) in [4.78, 5) is 25.7. The van der Waals surface area contributed by atoms with Crippen LogP contribution in [0.2, 0.25) is 0 Å². The summed E-state index contributed by atoms with van der Waals surface area (Å²) >= 11 is 0. The summed E-state index contributed by atoms with van der Waals surface area (Å²) in [7, 11) is 0. The Balaban J connectivity index is 2.56. The normalized spacial score (nSPS) is 19.8. The molecule has 2 rings (SSSR count). The van der Waals surface area contributed by atoms with Crippen molar-refractivity contribution in [3.05, 3.63) is 17.7 Å². The molecule has 0 saturated carbocycles. The number of fused-ring (bicyclic) bond motifs is 1. The number of aliphatic carboxylic acids is 1. The number of carbonyl (C=O) groups excluding carboxylic acids is 1. The molecular weight excluding hydrogens is 174 g/mol. The van der Waals surface area contributed by atoms with Crippen LogP contribution >= 0.6 is 0 Å². The summed E-state index contributed by atoms with van der Waals surface area (Å²) in [5, 5.41) is 11.1. The zero-order chi connectivity index (χ0) is 9.59. The van der Waals surface area contributed by atoms with E-state index in [0.29, 0.717) is 11.4 Å². The first-order chi connectivity index (χ1) is 6.11. The second-order valence-corrected chi connectivity index (χ2v) is 2.81. The lowest BCUT2D eigenvalue weighted by Gasteiger charge is -2.02. The van der Waals surface area contributed by atoms with E-state index in [-0.39, 0.29) is 0 Å². The molecule has 0 bridgehead atoms. The predicted octanol–water partition coefficient (Wildman–Crippen LogP) is -0.111. The summed E-state index contributed by atoms with van der Waals surface area (Å²) in [5.74, 6) is -1.07. The van der Waals surface area contributed by atoms with Crippen molar-refractivity contribution in [3.63, 3.8) is 0 Å². The molecule has 1 aliphatic heterocycles. The molecule has 0 radical (unpaired) electrons. The molecule has 1 aliphatic rings. The minimum Gasteiger partial charge on any atom is -0.479 e. The van der Waals surface area contributed by atoms with Crippen molar-refractivity contribution in [2.45, 2.75) is 13.0 Å². The van der Waals surface area contributed by atoms with Crippen LogP contribution in [-0.2, 0) is 4.79 Å². The summed E-state index contributed by atoms with van der Waals surface area (Å²) in [5.41, 5.74) is 0.975. The van der Waals surface area contributed by atoms with Crippen molar-refractivity contribution in [2.24, 2.45) is 0 Å². The standard InChI is InChI=1S/C7H7N3O3/c1-3-5-4(6(11)12)9-7(13)10(5)2-8-3/h2,4H,1H3,(H,9,13)(H,11,12). The Hall–Kier alpha value is -1.85. The molecule has 0 saturated heterocycles. The number of carboxylic acid groups (broad SMARTS) is 1. The van der Waals surface area contributed by atoms with Gasteiger partial charge in [0.25, 0.3) is 0 Å². The molecule has 0 aliphatic carbocycles. The van der Waals surface area contributed by atoms with Crippen molar-refractivity contribution in [1.29, 1.82) is 0 Å². The van der Waals surface area contributed by atoms with Gasteiger partial charge in [-0.1, -0.05) is 0 Å². The molecule has 0 aromatic carbocycles. The molecule has 6 heteroatoms. The number of hydrogen-bond donors (Lipinski definition) is 2. The van der Waals surface area contributed by atoms with E-state index >= 15 is 0 Å². The highest BCUT2D eigenvalue weighted by Gasteiger charge is 2.35. The average Bonchev–Trinajstić information content (AvgIpc) is 2.55. The number of nitrogens with one attached hydrogen (secondary N) is 1. The number of amides is 1. The molecule has 13 heavy (non-hydrogen) atoms. The van der Waals surface area contributed by atoms with Gasteiger partial charge in [-0.3, -0.25) is 4.57 Å². The Morgan fingerprint density at radius 1 is 1.77 bits per heavy atom. The molecule has 1 aromatic rings. The number of aryl methyl sites for hydroxylation is 1. The fourth-order valence-corrected chi connectivity index (χ4v) is 1.40. The lowest BCUT2D eigenvalue weighted by molar-refractivity contribution is -0.139. The topological polar surface area (TPSA) is 84.2 Å². The number of nitrogens with zero attached hydrogens (tertiary/aromatic N) is 2. The second kappa shape index (κ2) is 2.32. The van der Waals surface area contributed by atoms with Gasteiger partial charge in [-0.25, -0.2) is 14.6 Å². The molecule has 1 unspecified atom stereocenters. The van der Waals surface area contributed by atoms with Crippen molar-refractivity contribution in [1.82, 2.24) is 14.9 Å². The Morgan fingerprint density at radius 3 is 3.08 bits per heavy atom. The van der Waals surface area contributed by atoms with Gasteiger partial charge in [0.15, 0.2) is 6.04 Å². The maximum Gasteiger partial charge on any atom is 0.332 e. The monoisotopic (exact) mass is 181 g/mol. The maximum absolute atomic E-state index is 11.1. The molecule has 0 spiro atoms. The summed E-state index contributed by atoms with van der Waals surface area (Å²) in [6.07, 6.45) is 1.32. The highest BCUT2D eigenvalue weighted by molar-refractivity contribution is 5.90. The van der Waals surface area contributed by atoms with Crippen molar-refractivity contribution in [3.8, 4) is 0 Å². The third-order valence-corrected chi connectivity index (χ3v) is 2.00. The Kier molecular flexibility index (Phi) is 1.39. The number of carboxylic acids is 1. The van der Waals surface area contributed by atoms with Gasteiger partial charge in [0.1, 0.15) is 6.33 Å². The number of carbonyl (C=O) groups is 2. The van der Waals surface area contributed by atoms with Crippen LogP contribution in [0, 0.1) is 6.92 Å². The van der Waals surface area contributed by atoms with Crippen LogP contribution in [0.5, 0.6) is 0 Å². The van der Waals surface area contributed by atoms with Gasteiger partial charge < -0.3 is 10.4 Å². The molecule has 1 atom stereocenters. The van der Waals surface area contributed by atoms with Crippen LogP contribution in [0.1, 0.15) is 17.4 Å². The number of rotatable bonds is 1. The number of imidazole rings is 1. The largest absolute Gasteiger partial charge is 0.479 e. The van der Waals surface area contributed by atoms with E-state index < -0.39 is 18.0 Å². The minimum atomic E-state index is -1.07. The highest BCUT2D eigenvalue weighted by atomic mass is 16.4. The lowest BCUT2D eigenvalue weighted by Crippen LogP contribution is -2.26. The highest BCUT2D eigenvalue weighted by Crippen LogP contribution is 2.22. The lowest BCUT2D eigenvalue weighted by atomic mass is 10.2. The zero-order valence-electron chi connectivity index (χ0n) is 6.81. The molecule has 2 N–H and O–H groups in total. The van der Waals surface area contributed by atoms with Gasteiger partial charge in [-0.15, -0.1) is 0 Å². The molecule has 2 heterocycles. The van der Waals surface area contributed by atoms with Crippen LogP contribution in [0.3, 0.4) is 0 Å². The van der Waals surface area contributed by atoms with Gasteiger partial charge in [-0.05, 0) is 6.92 Å². The van der Waals surface area contributed by atoms with Crippen molar-refractivity contribution in [2.75, 3.05) is 0 Å². The first-order valence-corrected chi connectivity index (χ1v) is 3.69. The number of hydrogen-bond acceptors (Lipinski definition) is 3. The van der Waals surface area contributed by atoms with E-state index in [9.17, 15) is 9.59 Å². The molecule has 6 nitrogen and oxygen atoms in total. The van der Waals surface area contributed by atoms with Crippen LogP contribution < -0.4 is 5.32 Å². The third kappa shape index (κ3) is 0.915. The van der Waals surface area contributed by atoms with E-state index in [2.05, 4.69) is 10.3 Å². The predicted molar refractivity (Wildman–Crippen MR) is 41.3 cm³/mol. The van der Waals surface area contributed by atoms with Crippen LogP contribution in [0.15, 0.2) is 6.33 Å². The fraction of sp³-hybridized carbons (Fsp3) is 0.286. The van der Waals surface area contributed by atoms with Crippen molar-refractivity contribution >= 4 is 12.0 Å². The maximum atomic E-state index is 11.1.